The van der Waals surface area contributed by atoms with Crippen molar-refractivity contribution < 1.29 is 23.8 Å². The first-order valence-corrected chi connectivity index (χ1v) is 9.82. The van der Waals surface area contributed by atoms with E-state index in [0.29, 0.717) is 34.0 Å². The summed E-state index contributed by atoms with van der Waals surface area (Å²) in [5.41, 5.74) is 1.64. The van der Waals surface area contributed by atoms with E-state index in [1.165, 1.54) is 13.2 Å². The van der Waals surface area contributed by atoms with Crippen molar-refractivity contribution in [2.45, 2.75) is 13.5 Å². The third-order valence-corrected chi connectivity index (χ3v) is 4.52. The number of hydrogen-bond acceptors (Lipinski definition) is 7. The van der Waals surface area contributed by atoms with Crippen molar-refractivity contribution in [3.05, 3.63) is 70.5 Å². The summed E-state index contributed by atoms with van der Waals surface area (Å²) >= 11 is 0. The lowest BCUT2D eigenvalue weighted by Crippen LogP contribution is -2.29. The number of aromatic nitrogens is 2. The average Bonchev–Trinajstić information content (AvgIpc) is 2.80. The molecule has 0 radical (unpaired) electrons. The summed E-state index contributed by atoms with van der Waals surface area (Å²) in [6.07, 6.45) is 0. The van der Waals surface area contributed by atoms with Gasteiger partial charge >= 0.3 is 5.97 Å². The second-order valence-electron chi connectivity index (χ2n) is 6.63. The molecule has 3 rings (SSSR count). The zero-order chi connectivity index (χ0) is 23.1. The molecule has 9 heteroatoms. The molecule has 166 valence electrons. The summed E-state index contributed by atoms with van der Waals surface area (Å²) in [7, 11) is 3.07. The quantitative estimate of drug-likeness (QED) is 0.540. The SMILES string of the molecule is CCOC(=O)c1ccc(NC(=O)Cn2nc(-c3ccc(OC)c(OC)c3)ccc2=O)cc1. The molecule has 0 atom stereocenters. The summed E-state index contributed by atoms with van der Waals surface area (Å²) in [4.78, 5) is 36.4. The number of nitrogens with zero attached hydrogens (tertiary/aromatic N) is 2. The topological polar surface area (TPSA) is 109 Å². The van der Waals surface area contributed by atoms with Crippen molar-refractivity contribution in [2.75, 3.05) is 26.1 Å². The highest BCUT2D eigenvalue weighted by molar-refractivity contribution is 5.93. The van der Waals surface area contributed by atoms with E-state index in [0.717, 1.165) is 4.68 Å². The van der Waals surface area contributed by atoms with Gasteiger partial charge in [-0.3, -0.25) is 9.59 Å². The van der Waals surface area contributed by atoms with Crippen LogP contribution in [0.3, 0.4) is 0 Å². The molecule has 32 heavy (non-hydrogen) atoms. The zero-order valence-corrected chi connectivity index (χ0v) is 18.0. The molecule has 1 amide bonds. The predicted octanol–water partition coefficient (Wildman–Crippen LogP) is 2.74. The van der Waals surface area contributed by atoms with Gasteiger partial charge in [0.2, 0.25) is 5.91 Å². The van der Waals surface area contributed by atoms with E-state index >= 15 is 0 Å². The van der Waals surface area contributed by atoms with Crippen LogP contribution in [0.25, 0.3) is 11.3 Å². The summed E-state index contributed by atoms with van der Waals surface area (Å²) in [6.45, 7) is 1.73. The highest BCUT2D eigenvalue weighted by Gasteiger charge is 2.12. The molecule has 3 aromatic rings. The van der Waals surface area contributed by atoms with Crippen LogP contribution in [0.15, 0.2) is 59.4 Å². The Bertz CT molecular complexity index is 1170. The summed E-state index contributed by atoms with van der Waals surface area (Å²) in [6, 6.07) is 14.4. The van der Waals surface area contributed by atoms with E-state index in [9.17, 15) is 14.4 Å². The smallest absolute Gasteiger partial charge is 0.338 e. The minimum atomic E-state index is -0.437. The number of methoxy groups -OCH3 is 2. The Morgan fingerprint density at radius 1 is 0.969 bits per heavy atom. The molecular weight excluding hydrogens is 414 g/mol. The Morgan fingerprint density at radius 3 is 2.34 bits per heavy atom. The molecule has 0 aliphatic heterocycles. The number of benzene rings is 2. The van der Waals surface area contributed by atoms with Gasteiger partial charge in [0.05, 0.1) is 32.1 Å². The molecule has 0 saturated heterocycles. The van der Waals surface area contributed by atoms with E-state index < -0.39 is 17.4 Å². The Kier molecular flexibility index (Phi) is 7.22. The summed E-state index contributed by atoms with van der Waals surface area (Å²) in [5.74, 6) is 0.215. The van der Waals surface area contributed by atoms with Crippen LogP contribution in [0.2, 0.25) is 0 Å². The van der Waals surface area contributed by atoms with Gasteiger partial charge in [0.15, 0.2) is 11.5 Å². The molecule has 9 nitrogen and oxygen atoms in total. The predicted molar refractivity (Wildman–Crippen MR) is 118 cm³/mol. The lowest BCUT2D eigenvalue weighted by molar-refractivity contribution is -0.117. The number of anilines is 1. The molecule has 2 aromatic carbocycles. The average molecular weight is 437 g/mol. The van der Waals surface area contributed by atoms with Gasteiger partial charge in [-0.2, -0.15) is 5.10 Å². The molecule has 0 spiro atoms. The number of esters is 1. The van der Waals surface area contributed by atoms with E-state index in [2.05, 4.69) is 10.4 Å². The van der Waals surface area contributed by atoms with E-state index in [-0.39, 0.29) is 13.2 Å². The van der Waals surface area contributed by atoms with Crippen molar-refractivity contribution >= 4 is 17.6 Å². The standard InChI is InChI=1S/C23H23N3O6/c1-4-32-23(29)15-5-8-17(9-6-15)24-21(27)14-26-22(28)12-10-18(25-26)16-7-11-19(30-2)20(13-16)31-3/h5-13H,4,14H2,1-3H3,(H,24,27). The highest BCUT2D eigenvalue weighted by Crippen LogP contribution is 2.31. The first-order valence-electron chi connectivity index (χ1n) is 9.82. The van der Waals surface area contributed by atoms with Gasteiger partial charge in [0.25, 0.3) is 5.56 Å². The molecule has 0 unspecified atom stereocenters. The van der Waals surface area contributed by atoms with Crippen molar-refractivity contribution in [2.24, 2.45) is 0 Å². The fraction of sp³-hybridized carbons (Fsp3) is 0.217. The van der Waals surface area contributed by atoms with Gasteiger partial charge in [0.1, 0.15) is 6.54 Å². The molecule has 1 aromatic heterocycles. The van der Waals surface area contributed by atoms with E-state index in [4.69, 9.17) is 14.2 Å². The van der Waals surface area contributed by atoms with Gasteiger partial charge in [-0.25, -0.2) is 9.48 Å². The van der Waals surface area contributed by atoms with Crippen LogP contribution in [-0.4, -0.2) is 42.5 Å². The maximum Gasteiger partial charge on any atom is 0.338 e. The Labute approximate surface area is 184 Å². The third kappa shape index (κ3) is 5.31. The Hall–Kier alpha value is -4.14. The number of ether oxygens (including phenoxy) is 3. The Morgan fingerprint density at radius 2 is 1.69 bits per heavy atom. The second kappa shape index (κ2) is 10.3. The first kappa shape index (κ1) is 22.5. The van der Waals surface area contributed by atoms with Gasteiger partial charge < -0.3 is 19.5 Å². The van der Waals surface area contributed by atoms with Crippen LogP contribution in [0.5, 0.6) is 11.5 Å². The highest BCUT2D eigenvalue weighted by atomic mass is 16.5. The molecule has 1 N–H and O–H groups in total. The van der Waals surface area contributed by atoms with Crippen molar-refractivity contribution in [3.8, 4) is 22.8 Å². The van der Waals surface area contributed by atoms with Crippen molar-refractivity contribution in [1.29, 1.82) is 0 Å². The number of amides is 1. The van der Waals surface area contributed by atoms with Crippen molar-refractivity contribution in [3.63, 3.8) is 0 Å². The maximum atomic E-state index is 12.4. The van der Waals surface area contributed by atoms with Crippen LogP contribution >= 0.6 is 0 Å². The number of carbonyl (C=O) groups excluding carboxylic acids is 2. The fourth-order valence-corrected chi connectivity index (χ4v) is 2.95. The number of hydrogen-bond donors (Lipinski definition) is 1. The third-order valence-electron chi connectivity index (χ3n) is 4.52. The molecule has 0 aliphatic carbocycles. The van der Waals surface area contributed by atoms with Gasteiger partial charge in [-0.1, -0.05) is 0 Å². The van der Waals surface area contributed by atoms with Gasteiger partial charge in [-0.15, -0.1) is 0 Å². The fourth-order valence-electron chi connectivity index (χ4n) is 2.95. The van der Waals surface area contributed by atoms with Crippen molar-refractivity contribution in [1.82, 2.24) is 9.78 Å². The largest absolute Gasteiger partial charge is 0.493 e. The summed E-state index contributed by atoms with van der Waals surface area (Å²) < 4.78 is 16.5. The second-order valence-corrected chi connectivity index (χ2v) is 6.63. The lowest BCUT2D eigenvalue weighted by atomic mass is 10.1. The van der Waals surface area contributed by atoms with Crippen LogP contribution in [0.1, 0.15) is 17.3 Å². The lowest BCUT2D eigenvalue weighted by Gasteiger charge is -2.11. The molecule has 0 bridgehead atoms. The molecule has 0 aliphatic rings. The summed E-state index contributed by atoms with van der Waals surface area (Å²) in [5, 5.41) is 6.98. The number of carbonyl (C=O) groups is 2. The van der Waals surface area contributed by atoms with Crippen LogP contribution in [0, 0.1) is 0 Å². The number of rotatable bonds is 8. The monoisotopic (exact) mass is 437 g/mol. The molecule has 0 fully saturated rings. The minimum absolute atomic E-state index is 0.278. The van der Waals surface area contributed by atoms with Crippen LogP contribution in [0.4, 0.5) is 5.69 Å². The van der Waals surface area contributed by atoms with Gasteiger partial charge in [0, 0.05) is 17.3 Å². The number of nitrogens with one attached hydrogen (secondary N) is 1. The van der Waals surface area contributed by atoms with E-state index in [1.54, 1.807) is 62.6 Å². The Balaban J connectivity index is 1.74. The van der Waals surface area contributed by atoms with Crippen LogP contribution in [-0.2, 0) is 16.1 Å². The molecule has 1 heterocycles. The van der Waals surface area contributed by atoms with Crippen LogP contribution < -0.4 is 20.3 Å². The first-order chi connectivity index (χ1) is 15.4. The molecule has 0 saturated carbocycles. The van der Waals surface area contributed by atoms with E-state index in [1.807, 2.05) is 0 Å². The van der Waals surface area contributed by atoms with Gasteiger partial charge in [-0.05, 0) is 55.5 Å². The zero-order valence-electron chi connectivity index (χ0n) is 18.0. The minimum Gasteiger partial charge on any atom is -0.493 e. The normalized spacial score (nSPS) is 10.3. The maximum absolute atomic E-state index is 12.4. The molecular formula is C23H23N3O6.